The van der Waals surface area contributed by atoms with E-state index >= 15 is 0 Å². The number of ether oxygens (including phenoxy) is 5. The number of amides is 1. The third-order valence-electron chi connectivity index (χ3n) is 6.39. The number of nitrogens with one attached hydrogen (secondary N) is 1. The van der Waals surface area contributed by atoms with Gasteiger partial charge in [-0.3, -0.25) is 14.5 Å². The quantitative estimate of drug-likeness (QED) is 0.136. The SMILES string of the molecule is C=C1C(=O)N(c2cc(OC)c(OC)c(OC)c2)C1c1ccc(OC)cc1OCCCNOCc1ccccc1. The van der Waals surface area contributed by atoms with Gasteiger partial charge in [0, 0.05) is 35.9 Å². The van der Waals surface area contributed by atoms with Crippen molar-refractivity contribution in [1.29, 1.82) is 0 Å². The largest absolute Gasteiger partial charge is 0.497 e. The van der Waals surface area contributed by atoms with Crippen LogP contribution in [-0.2, 0) is 16.2 Å². The van der Waals surface area contributed by atoms with Crippen molar-refractivity contribution >= 4 is 11.6 Å². The fourth-order valence-electron chi connectivity index (χ4n) is 4.38. The van der Waals surface area contributed by atoms with E-state index in [1.807, 2.05) is 48.5 Å². The summed E-state index contributed by atoms with van der Waals surface area (Å²) < 4.78 is 28.0. The van der Waals surface area contributed by atoms with E-state index in [1.54, 1.807) is 24.1 Å². The third kappa shape index (κ3) is 6.10. The van der Waals surface area contributed by atoms with Crippen molar-refractivity contribution in [1.82, 2.24) is 5.48 Å². The number of β-lactam (4-membered cyclic amide) rings is 1. The average Bonchev–Trinajstić information content (AvgIpc) is 2.98. The maximum absolute atomic E-state index is 13.0. The van der Waals surface area contributed by atoms with Gasteiger partial charge in [-0.1, -0.05) is 36.9 Å². The predicted octanol–water partition coefficient (Wildman–Crippen LogP) is 4.86. The minimum absolute atomic E-state index is 0.198. The highest BCUT2D eigenvalue weighted by Crippen LogP contribution is 2.49. The number of rotatable bonds is 14. The smallest absolute Gasteiger partial charge is 0.256 e. The molecule has 0 aliphatic carbocycles. The zero-order chi connectivity index (χ0) is 27.8. The summed E-state index contributed by atoms with van der Waals surface area (Å²) in [6.07, 6.45) is 0.701. The number of hydroxylamine groups is 1. The molecule has 1 amide bonds. The lowest BCUT2D eigenvalue weighted by atomic mass is 9.87. The Bertz CT molecular complexity index is 1270. The van der Waals surface area contributed by atoms with E-state index in [1.165, 1.54) is 21.3 Å². The van der Waals surface area contributed by atoms with Crippen LogP contribution in [0.25, 0.3) is 0 Å². The summed E-state index contributed by atoms with van der Waals surface area (Å²) in [7, 11) is 6.20. The van der Waals surface area contributed by atoms with Gasteiger partial charge in [0.15, 0.2) is 11.5 Å². The van der Waals surface area contributed by atoms with Crippen LogP contribution >= 0.6 is 0 Å². The molecular formula is C30H34N2O7. The van der Waals surface area contributed by atoms with E-state index in [2.05, 4.69) is 12.1 Å². The summed E-state index contributed by atoms with van der Waals surface area (Å²) in [5, 5.41) is 0. The van der Waals surface area contributed by atoms with Crippen LogP contribution in [0.15, 0.2) is 72.8 Å². The van der Waals surface area contributed by atoms with E-state index in [-0.39, 0.29) is 5.91 Å². The molecular weight excluding hydrogens is 500 g/mol. The minimum atomic E-state index is -0.437. The Morgan fingerprint density at radius 2 is 1.59 bits per heavy atom. The van der Waals surface area contributed by atoms with Crippen LogP contribution in [0.4, 0.5) is 5.69 Å². The van der Waals surface area contributed by atoms with Crippen LogP contribution < -0.4 is 34.1 Å². The first-order chi connectivity index (χ1) is 19.0. The van der Waals surface area contributed by atoms with Crippen molar-refractivity contribution in [2.24, 2.45) is 0 Å². The number of nitrogens with zero attached hydrogens (tertiary/aromatic N) is 1. The zero-order valence-electron chi connectivity index (χ0n) is 22.7. The van der Waals surface area contributed by atoms with Gasteiger partial charge >= 0.3 is 0 Å². The van der Waals surface area contributed by atoms with Crippen LogP contribution in [0.2, 0.25) is 0 Å². The van der Waals surface area contributed by atoms with Gasteiger partial charge in [-0.25, -0.2) is 5.48 Å². The van der Waals surface area contributed by atoms with E-state index in [0.717, 1.165) is 11.1 Å². The van der Waals surface area contributed by atoms with E-state index in [4.69, 9.17) is 28.5 Å². The molecule has 1 saturated heterocycles. The predicted molar refractivity (Wildman–Crippen MR) is 148 cm³/mol. The van der Waals surface area contributed by atoms with Crippen LogP contribution in [0.5, 0.6) is 28.7 Å². The first kappa shape index (κ1) is 27.8. The Morgan fingerprint density at radius 3 is 2.23 bits per heavy atom. The van der Waals surface area contributed by atoms with Gasteiger partial charge in [0.1, 0.15) is 11.5 Å². The molecule has 0 aromatic heterocycles. The number of carbonyl (C=O) groups is 1. The summed E-state index contributed by atoms with van der Waals surface area (Å²) in [6, 6.07) is 18.5. The molecule has 3 aromatic rings. The number of hydrogen-bond donors (Lipinski definition) is 1. The van der Waals surface area contributed by atoms with Gasteiger partial charge in [-0.2, -0.15) is 0 Å². The molecule has 4 rings (SSSR count). The Morgan fingerprint density at radius 1 is 0.872 bits per heavy atom. The van der Waals surface area contributed by atoms with Gasteiger partial charge in [-0.05, 0) is 24.1 Å². The summed E-state index contributed by atoms with van der Waals surface area (Å²) in [4.78, 5) is 20.2. The molecule has 0 saturated carbocycles. The summed E-state index contributed by atoms with van der Waals surface area (Å²) in [5.41, 5.74) is 5.90. The molecule has 1 N–H and O–H groups in total. The molecule has 1 fully saturated rings. The highest BCUT2D eigenvalue weighted by molar-refractivity contribution is 6.15. The molecule has 1 aliphatic rings. The number of methoxy groups -OCH3 is 4. The molecule has 0 radical (unpaired) electrons. The Labute approximate surface area is 228 Å². The van der Waals surface area contributed by atoms with Gasteiger partial charge in [-0.15, -0.1) is 0 Å². The molecule has 1 heterocycles. The van der Waals surface area contributed by atoms with Crippen LogP contribution in [0.1, 0.15) is 23.6 Å². The first-order valence-electron chi connectivity index (χ1n) is 12.5. The number of carbonyl (C=O) groups excluding carboxylic acids is 1. The normalized spacial score (nSPS) is 14.6. The second-order valence-electron chi connectivity index (χ2n) is 8.76. The average molecular weight is 535 g/mol. The van der Waals surface area contributed by atoms with Crippen molar-refractivity contribution in [3.63, 3.8) is 0 Å². The van der Waals surface area contributed by atoms with Crippen LogP contribution in [0, 0.1) is 0 Å². The zero-order valence-corrected chi connectivity index (χ0v) is 22.7. The maximum atomic E-state index is 13.0. The first-order valence-corrected chi connectivity index (χ1v) is 12.5. The molecule has 39 heavy (non-hydrogen) atoms. The Balaban J connectivity index is 1.47. The molecule has 9 nitrogen and oxygen atoms in total. The summed E-state index contributed by atoms with van der Waals surface area (Å²) in [5.74, 6) is 2.40. The van der Waals surface area contributed by atoms with Crippen molar-refractivity contribution in [3.05, 3.63) is 83.9 Å². The molecule has 206 valence electrons. The van der Waals surface area contributed by atoms with Gasteiger partial charge in [0.2, 0.25) is 5.75 Å². The molecule has 3 aromatic carbocycles. The number of anilines is 1. The monoisotopic (exact) mass is 534 g/mol. The van der Waals surface area contributed by atoms with E-state index in [0.29, 0.717) is 66.2 Å². The lowest BCUT2D eigenvalue weighted by Gasteiger charge is -2.43. The standard InChI is InChI=1S/C30H34N2O7/c1-20-28(32(30(20)33)22-16-26(35-3)29(37-5)27(17-22)36-4)24-13-12-23(34-2)18-25(24)38-15-9-14-31-39-19-21-10-7-6-8-11-21/h6-8,10-13,16-18,28,31H,1,9,14-15,19H2,2-5H3. The topological polar surface area (TPSA) is 87.7 Å². The van der Waals surface area contributed by atoms with Crippen LogP contribution in [-0.4, -0.2) is 47.5 Å². The second kappa shape index (κ2) is 13.0. The Hall–Kier alpha value is -4.21. The van der Waals surface area contributed by atoms with Gasteiger partial charge < -0.3 is 23.7 Å². The maximum Gasteiger partial charge on any atom is 0.256 e. The third-order valence-corrected chi connectivity index (χ3v) is 6.39. The molecule has 0 spiro atoms. The second-order valence-corrected chi connectivity index (χ2v) is 8.76. The fraction of sp³-hybridized carbons (Fsp3) is 0.300. The highest BCUT2D eigenvalue weighted by Gasteiger charge is 2.44. The van der Waals surface area contributed by atoms with Gasteiger partial charge in [0.05, 0.1) is 53.4 Å². The summed E-state index contributed by atoms with van der Waals surface area (Å²) in [6.45, 7) is 5.56. The molecule has 9 heteroatoms. The Kier molecular flexibility index (Phi) is 9.30. The fourth-order valence-corrected chi connectivity index (χ4v) is 4.38. The van der Waals surface area contributed by atoms with E-state index in [9.17, 15) is 4.79 Å². The van der Waals surface area contributed by atoms with E-state index < -0.39 is 6.04 Å². The van der Waals surface area contributed by atoms with Crippen molar-refractivity contribution < 1.29 is 33.3 Å². The van der Waals surface area contributed by atoms with Crippen molar-refractivity contribution in [3.8, 4) is 28.7 Å². The number of benzene rings is 3. The van der Waals surface area contributed by atoms with Crippen molar-refractivity contribution in [2.45, 2.75) is 19.1 Å². The molecule has 1 aliphatic heterocycles. The number of hydrogen-bond acceptors (Lipinski definition) is 8. The molecule has 1 unspecified atom stereocenters. The minimum Gasteiger partial charge on any atom is -0.497 e. The molecule has 0 bridgehead atoms. The summed E-state index contributed by atoms with van der Waals surface area (Å²) >= 11 is 0. The lowest BCUT2D eigenvalue weighted by Crippen LogP contribution is -2.49. The van der Waals surface area contributed by atoms with Gasteiger partial charge in [0.25, 0.3) is 5.91 Å². The lowest BCUT2D eigenvalue weighted by molar-refractivity contribution is -0.119. The highest BCUT2D eigenvalue weighted by atomic mass is 16.6. The van der Waals surface area contributed by atoms with Crippen molar-refractivity contribution in [2.75, 3.05) is 46.5 Å². The molecule has 1 atom stereocenters. The van der Waals surface area contributed by atoms with Crippen LogP contribution in [0.3, 0.4) is 0 Å².